The van der Waals surface area contributed by atoms with E-state index in [0.717, 1.165) is 11.3 Å². The Hall–Kier alpha value is -3.48. The average molecular weight is 394 g/mol. The molecule has 1 atom stereocenters. The van der Waals surface area contributed by atoms with Crippen molar-refractivity contribution in [2.75, 3.05) is 6.54 Å². The van der Waals surface area contributed by atoms with Crippen molar-refractivity contribution in [1.29, 1.82) is 0 Å². The van der Waals surface area contributed by atoms with Crippen LogP contribution in [0, 0.1) is 5.82 Å². The van der Waals surface area contributed by atoms with Crippen LogP contribution in [0.2, 0.25) is 0 Å². The van der Waals surface area contributed by atoms with Gasteiger partial charge in [-0.15, -0.1) is 0 Å². The molecule has 3 rings (SSSR count). The van der Waals surface area contributed by atoms with Gasteiger partial charge in [0.25, 0.3) is 5.91 Å². The van der Waals surface area contributed by atoms with Gasteiger partial charge in [0.05, 0.1) is 17.9 Å². The molecule has 0 spiro atoms. The Kier molecular flexibility index (Phi) is 6.73. The summed E-state index contributed by atoms with van der Waals surface area (Å²) in [5.41, 5.74) is 2.31. The average Bonchev–Trinajstić information content (AvgIpc) is 3.23. The molecule has 0 saturated heterocycles. The van der Waals surface area contributed by atoms with Crippen LogP contribution in [-0.4, -0.2) is 28.3 Å². The fourth-order valence-corrected chi connectivity index (χ4v) is 2.86. The first-order chi connectivity index (χ1) is 14.0. The van der Waals surface area contributed by atoms with E-state index in [1.165, 1.54) is 24.3 Å². The van der Waals surface area contributed by atoms with E-state index in [1.807, 2.05) is 37.3 Å². The molecule has 3 N–H and O–H groups in total. The molecule has 6 nitrogen and oxygen atoms in total. The molecule has 0 fully saturated rings. The first kappa shape index (κ1) is 20.3. The van der Waals surface area contributed by atoms with Crippen molar-refractivity contribution in [3.63, 3.8) is 0 Å². The minimum atomic E-state index is -0.389. The van der Waals surface area contributed by atoms with E-state index in [-0.39, 0.29) is 30.1 Å². The quantitative estimate of drug-likeness (QED) is 0.510. The Balaban J connectivity index is 1.41. The third-order valence-corrected chi connectivity index (χ3v) is 4.44. The monoisotopic (exact) mass is 394 g/mol. The predicted octanol–water partition coefficient (Wildman–Crippen LogP) is 3.60. The van der Waals surface area contributed by atoms with Crippen LogP contribution in [-0.2, 0) is 4.79 Å². The lowest BCUT2D eigenvalue weighted by molar-refractivity contribution is -0.121. The van der Waals surface area contributed by atoms with Gasteiger partial charge in [0.1, 0.15) is 11.6 Å². The van der Waals surface area contributed by atoms with Gasteiger partial charge in [-0.25, -0.2) is 9.37 Å². The van der Waals surface area contributed by atoms with Crippen molar-refractivity contribution in [2.45, 2.75) is 25.8 Å². The number of nitrogens with one attached hydrogen (secondary N) is 3. The number of imidazole rings is 1. The highest BCUT2D eigenvalue weighted by atomic mass is 19.1. The molecular formula is C22H23FN4O2. The molecule has 2 amide bonds. The Morgan fingerprint density at radius 2 is 1.83 bits per heavy atom. The van der Waals surface area contributed by atoms with E-state index in [2.05, 4.69) is 20.6 Å². The molecule has 0 aliphatic carbocycles. The number of carbonyl (C=O) groups is 2. The van der Waals surface area contributed by atoms with Crippen molar-refractivity contribution in [1.82, 2.24) is 20.6 Å². The zero-order chi connectivity index (χ0) is 20.6. The van der Waals surface area contributed by atoms with E-state index < -0.39 is 0 Å². The number of H-pyrrole nitrogens is 1. The molecule has 29 heavy (non-hydrogen) atoms. The minimum Gasteiger partial charge on any atom is -0.352 e. The number of hydrogen-bond donors (Lipinski definition) is 3. The van der Waals surface area contributed by atoms with Crippen LogP contribution in [0.1, 0.15) is 42.0 Å². The first-order valence-corrected chi connectivity index (χ1v) is 9.46. The first-order valence-electron chi connectivity index (χ1n) is 9.46. The lowest BCUT2D eigenvalue weighted by atomic mass is 10.2. The zero-order valence-electron chi connectivity index (χ0n) is 16.1. The van der Waals surface area contributed by atoms with Crippen LogP contribution >= 0.6 is 0 Å². The summed E-state index contributed by atoms with van der Waals surface area (Å²) in [4.78, 5) is 31.7. The second kappa shape index (κ2) is 9.64. The molecule has 1 unspecified atom stereocenters. The van der Waals surface area contributed by atoms with E-state index in [4.69, 9.17) is 0 Å². The smallest absolute Gasteiger partial charge is 0.251 e. The molecular weight excluding hydrogens is 371 g/mol. The van der Waals surface area contributed by atoms with E-state index in [1.54, 1.807) is 6.20 Å². The van der Waals surface area contributed by atoms with Gasteiger partial charge in [-0.3, -0.25) is 9.59 Å². The Bertz CT molecular complexity index is 954. The van der Waals surface area contributed by atoms with Gasteiger partial charge >= 0.3 is 0 Å². The molecule has 2 aromatic carbocycles. The van der Waals surface area contributed by atoms with Gasteiger partial charge in [-0.1, -0.05) is 30.3 Å². The molecule has 1 aromatic heterocycles. The number of carbonyl (C=O) groups excluding carboxylic acids is 2. The summed E-state index contributed by atoms with van der Waals surface area (Å²) >= 11 is 0. The lowest BCUT2D eigenvalue weighted by Gasteiger charge is -2.12. The number of amides is 2. The van der Waals surface area contributed by atoms with Crippen LogP contribution < -0.4 is 10.6 Å². The fourth-order valence-electron chi connectivity index (χ4n) is 2.86. The van der Waals surface area contributed by atoms with Crippen molar-refractivity contribution in [2.24, 2.45) is 0 Å². The minimum absolute atomic E-state index is 0.119. The molecule has 0 bridgehead atoms. The Labute approximate surface area is 168 Å². The second-order valence-electron chi connectivity index (χ2n) is 6.70. The third kappa shape index (κ3) is 5.75. The topological polar surface area (TPSA) is 86.9 Å². The van der Waals surface area contributed by atoms with Crippen LogP contribution in [0.15, 0.2) is 60.8 Å². The van der Waals surface area contributed by atoms with Gasteiger partial charge in [0.15, 0.2) is 0 Å². The Morgan fingerprint density at radius 1 is 1.10 bits per heavy atom. The molecule has 0 saturated carbocycles. The van der Waals surface area contributed by atoms with Gasteiger partial charge in [0, 0.05) is 18.5 Å². The highest BCUT2D eigenvalue weighted by Gasteiger charge is 2.13. The summed E-state index contributed by atoms with van der Waals surface area (Å²) < 4.78 is 12.9. The number of nitrogens with zero attached hydrogens (tertiary/aromatic N) is 1. The fraction of sp³-hybridized carbons (Fsp3) is 0.227. The number of hydrogen-bond acceptors (Lipinski definition) is 3. The summed E-state index contributed by atoms with van der Waals surface area (Å²) in [5.74, 6) is -0.115. The largest absolute Gasteiger partial charge is 0.352 e. The van der Waals surface area contributed by atoms with Crippen LogP contribution in [0.25, 0.3) is 11.3 Å². The van der Waals surface area contributed by atoms with Crippen LogP contribution in [0.5, 0.6) is 0 Å². The lowest BCUT2D eigenvalue weighted by Crippen LogP contribution is -2.29. The van der Waals surface area contributed by atoms with E-state index in [9.17, 15) is 14.0 Å². The molecule has 0 aliphatic heterocycles. The van der Waals surface area contributed by atoms with Gasteiger partial charge in [-0.05, 0) is 43.2 Å². The zero-order valence-corrected chi connectivity index (χ0v) is 16.1. The number of aromatic nitrogens is 2. The van der Waals surface area contributed by atoms with Gasteiger partial charge < -0.3 is 15.6 Å². The summed E-state index contributed by atoms with van der Waals surface area (Å²) in [7, 11) is 0. The highest BCUT2D eigenvalue weighted by molar-refractivity contribution is 5.94. The normalized spacial score (nSPS) is 11.7. The molecule has 3 aromatic rings. The van der Waals surface area contributed by atoms with E-state index >= 15 is 0 Å². The van der Waals surface area contributed by atoms with Gasteiger partial charge in [0.2, 0.25) is 5.91 Å². The molecule has 7 heteroatoms. The predicted molar refractivity (Wildman–Crippen MR) is 109 cm³/mol. The van der Waals surface area contributed by atoms with Crippen molar-refractivity contribution < 1.29 is 14.0 Å². The van der Waals surface area contributed by atoms with Crippen LogP contribution in [0.3, 0.4) is 0 Å². The SMILES string of the molecule is CC(NC(=O)CCCNC(=O)c1ccc(F)cc1)c1ncc(-c2ccccc2)[nH]1. The third-order valence-electron chi connectivity index (χ3n) is 4.44. The summed E-state index contributed by atoms with van der Waals surface area (Å²) in [5, 5.41) is 5.62. The number of aromatic amines is 1. The maximum absolute atomic E-state index is 12.9. The number of benzene rings is 2. The van der Waals surface area contributed by atoms with Crippen LogP contribution in [0.4, 0.5) is 4.39 Å². The highest BCUT2D eigenvalue weighted by Crippen LogP contribution is 2.18. The molecule has 0 aliphatic rings. The molecule has 0 radical (unpaired) electrons. The second-order valence-corrected chi connectivity index (χ2v) is 6.70. The van der Waals surface area contributed by atoms with Crippen molar-refractivity contribution >= 4 is 11.8 Å². The standard InChI is InChI=1S/C22H23FN4O2/c1-15(21-25-14-19(27-21)16-6-3-2-4-7-16)26-20(28)8-5-13-24-22(29)17-9-11-18(23)12-10-17/h2-4,6-7,9-12,14-15H,5,8,13H2,1H3,(H,24,29)(H,25,27)(H,26,28). The maximum atomic E-state index is 12.9. The molecule has 1 heterocycles. The molecule has 150 valence electrons. The van der Waals surface area contributed by atoms with Crippen molar-refractivity contribution in [3.05, 3.63) is 78.0 Å². The summed E-state index contributed by atoms with van der Waals surface area (Å²) in [6.45, 7) is 2.22. The maximum Gasteiger partial charge on any atom is 0.251 e. The van der Waals surface area contributed by atoms with Crippen molar-refractivity contribution in [3.8, 4) is 11.3 Å². The van der Waals surface area contributed by atoms with E-state index in [0.29, 0.717) is 24.4 Å². The number of halogens is 1. The summed E-state index contributed by atoms with van der Waals surface area (Å²) in [6, 6.07) is 14.9. The Morgan fingerprint density at radius 3 is 2.55 bits per heavy atom. The van der Waals surface area contributed by atoms with Gasteiger partial charge in [-0.2, -0.15) is 0 Å². The number of rotatable bonds is 8. The summed E-state index contributed by atoms with van der Waals surface area (Å²) in [6.07, 6.45) is 2.53.